The van der Waals surface area contributed by atoms with Gasteiger partial charge in [-0.15, -0.1) is 11.8 Å². The van der Waals surface area contributed by atoms with Crippen molar-refractivity contribution >= 4 is 17.7 Å². The quantitative estimate of drug-likeness (QED) is 0.813. The lowest BCUT2D eigenvalue weighted by atomic mass is 10.2. The summed E-state index contributed by atoms with van der Waals surface area (Å²) in [5.74, 6) is 3.07. The van der Waals surface area contributed by atoms with Gasteiger partial charge in [-0.3, -0.25) is 4.79 Å². The monoisotopic (exact) mass is 301 g/mol. The molecule has 0 fully saturated rings. The fourth-order valence-corrected chi connectivity index (χ4v) is 2.66. The highest BCUT2D eigenvalue weighted by atomic mass is 32.2. The molecule has 3 nitrogen and oxygen atoms in total. The van der Waals surface area contributed by atoms with Crippen LogP contribution >= 0.6 is 11.8 Å². The van der Waals surface area contributed by atoms with Gasteiger partial charge in [0, 0.05) is 19.8 Å². The Kier molecular flexibility index (Phi) is 5.69. The molecule has 0 spiro atoms. The second-order valence-electron chi connectivity index (χ2n) is 4.84. The zero-order chi connectivity index (χ0) is 15.1. The van der Waals surface area contributed by atoms with Gasteiger partial charge in [0.05, 0.1) is 5.75 Å². The van der Waals surface area contributed by atoms with E-state index in [9.17, 15) is 4.79 Å². The Labute approximate surface area is 129 Å². The van der Waals surface area contributed by atoms with Crippen LogP contribution in [0.2, 0.25) is 0 Å². The van der Waals surface area contributed by atoms with Gasteiger partial charge in [-0.25, -0.2) is 0 Å². The summed E-state index contributed by atoms with van der Waals surface area (Å²) in [6.07, 6.45) is 0. The van der Waals surface area contributed by atoms with Crippen molar-refractivity contribution in [3.63, 3.8) is 0 Å². The van der Waals surface area contributed by atoms with Crippen LogP contribution in [0.3, 0.4) is 0 Å². The number of thioether (sulfide) groups is 1. The second-order valence-corrected chi connectivity index (χ2v) is 5.83. The molecular formula is C17H19NO2S. The number of carbonyl (C=O) groups excluding carboxylic acids is 1. The number of ether oxygens (including phenoxy) is 1. The summed E-state index contributed by atoms with van der Waals surface area (Å²) >= 11 is 1.61. The van der Waals surface area contributed by atoms with Crippen LogP contribution in [0.4, 0.5) is 0 Å². The smallest absolute Gasteiger partial charge is 0.232 e. The zero-order valence-electron chi connectivity index (χ0n) is 12.3. The molecule has 0 aromatic heterocycles. The molecule has 2 aromatic rings. The second kappa shape index (κ2) is 7.74. The lowest BCUT2D eigenvalue weighted by molar-refractivity contribution is -0.125. The highest BCUT2D eigenvalue weighted by molar-refractivity contribution is 7.99. The average molecular weight is 301 g/mol. The highest BCUT2D eigenvalue weighted by Crippen LogP contribution is 2.23. The van der Waals surface area contributed by atoms with E-state index >= 15 is 0 Å². The summed E-state index contributed by atoms with van der Waals surface area (Å²) in [5, 5.41) is 0. The van der Waals surface area contributed by atoms with E-state index in [4.69, 9.17) is 4.74 Å². The average Bonchev–Trinajstić information content (AvgIpc) is 2.48. The van der Waals surface area contributed by atoms with E-state index < -0.39 is 0 Å². The van der Waals surface area contributed by atoms with Gasteiger partial charge in [0.2, 0.25) is 5.91 Å². The maximum absolute atomic E-state index is 11.5. The molecule has 0 bridgehead atoms. The van der Waals surface area contributed by atoms with E-state index in [0.29, 0.717) is 5.75 Å². The Bertz CT molecular complexity index is 584. The molecule has 21 heavy (non-hydrogen) atoms. The largest absolute Gasteiger partial charge is 0.457 e. The molecule has 110 valence electrons. The van der Waals surface area contributed by atoms with Gasteiger partial charge in [-0.2, -0.15) is 0 Å². The molecule has 0 heterocycles. The number of amides is 1. The van der Waals surface area contributed by atoms with E-state index in [1.54, 1.807) is 30.8 Å². The molecule has 2 aromatic carbocycles. The van der Waals surface area contributed by atoms with E-state index in [0.717, 1.165) is 22.8 Å². The van der Waals surface area contributed by atoms with Crippen molar-refractivity contribution in [3.05, 3.63) is 60.2 Å². The fraction of sp³-hybridized carbons (Fsp3) is 0.235. The maximum atomic E-state index is 11.5. The summed E-state index contributed by atoms with van der Waals surface area (Å²) in [6, 6.07) is 17.7. The SMILES string of the molecule is CN(C)C(=O)CSCc1cccc(Oc2ccccc2)c1. The van der Waals surface area contributed by atoms with Crippen LogP contribution in [-0.2, 0) is 10.5 Å². The van der Waals surface area contributed by atoms with Gasteiger partial charge in [0.15, 0.2) is 0 Å². The van der Waals surface area contributed by atoms with Crippen molar-refractivity contribution in [2.45, 2.75) is 5.75 Å². The van der Waals surface area contributed by atoms with Gasteiger partial charge >= 0.3 is 0 Å². The van der Waals surface area contributed by atoms with Crippen molar-refractivity contribution in [2.24, 2.45) is 0 Å². The third-order valence-corrected chi connectivity index (χ3v) is 3.86. The molecule has 0 N–H and O–H groups in total. The maximum Gasteiger partial charge on any atom is 0.232 e. The summed E-state index contributed by atoms with van der Waals surface area (Å²) < 4.78 is 5.80. The van der Waals surface area contributed by atoms with Crippen LogP contribution < -0.4 is 4.74 Å². The third-order valence-electron chi connectivity index (χ3n) is 2.87. The first-order valence-electron chi connectivity index (χ1n) is 6.75. The zero-order valence-corrected chi connectivity index (χ0v) is 13.1. The number of nitrogens with zero attached hydrogens (tertiary/aromatic N) is 1. The Morgan fingerprint density at radius 2 is 1.76 bits per heavy atom. The highest BCUT2D eigenvalue weighted by Gasteiger charge is 2.04. The standard InChI is InChI=1S/C17H19NO2S/c1-18(2)17(19)13-21-12-14-7-6-10-16(11-14)20-15-8-4-3-5-9-15/h3-11H,12-13H2,1-2H3. The van der Waals surface area contributed by atoms with Crippen molar-refractivity contribution in [3.8, 4) is 11.5 Å². The van der Waals surface area contributed by atoms with Crippen LogP contribution in [-0.4, -0.2) is 30.7 Å². The molecule has 0 aliphatic carbocycles. The van der Waals surface area contributed by atoms with Crippen LogP contribution in [0.25, 0.3) is 0 Å². The molecule has 0 saturated heterocycles. The van der Waals surface area contributed by atoms with E-state index in [2.05, 4.69) is 0 Å². The van der Waals surface area contributed by atoms with Crippen molar-refractivity contribution < 1.29 is 9.53 Å². The minimum atomic E-state index is 0.136. The summed E-state index contributed by atoms with van der Waals surface area (Å²) in [4.78, 5) is 13.1. The number of para-hydroxylation sites is 1. The summed E-state index contributed by atoms with van der Waals surface area (Å²) in [6.45, 7) is 0. The predicted octanol–water partition coefficient (Wildman–Crippen LogP) is 3.80. The van der Waals surface area contributed by atoms with E-state index in [1.807, 2.05) is 54.6 Å². The minimum absolute atomic E-state index is 0.136. The molecule has 0 atom stereocenters. The number of carbonyl (C=O) groups is 1. The molecule has 0 radical (unpaired) electrons. The topological polar surface area (TPSA) is 29.5 Å². The molecule has 0 aliphatic heterocycles. The van der Waals surface area contributed by atoms with Gasteiger partial charge in [0.1, 0.15) is 11.5 Å². The Morgan fingerprint density at radius 3 is 2.48 bits per heavy atom. The molecule has 0 unspecified atom stereocenters. The first-order valence-corrected chi connectivity index (χ1v) is 7.90. The van der Waals surface area contributed by atoms with E-state index in [1.165, 1.54) is 0 Å². The van der Waals surface area contributed by atoms with Crippen LogP contribution in [0, 0.1) is 0 Å². The van der Waals surface area contributed by atoms with Crippen molar-refractivity contribution in [2.75, 3.05) is 19.8 Å². The first-order chi connectivity index (χ1) is 10.1. The van der Waals surface area contributed by atoms with Crippen LogP contribution in [0.1, 0.15) is 5.56 Å². The van der Waals surface area contributed by atoms with Crippen molar-refractivity contribution in [1.29, 1.82) is 0 Å². The van der Waals surface area contributed by atoms with Gasteiger partial charge in [-0.05, 0) is 29.8 Å². The van der Waals surface area contributed by atoms with Crippen molar-refractivity contribution in [1.82, 2.24) is 4.90 Å². The third kappa shape index (κ3) is 5.16. The molecular weight excluding hydrogens is 282 g/mol. The number of hydrogen-bond donors (Lipinski definition) is 0. The normalized spacial score (nSPS) is 10.2. The lowest BCUT2D eigenvalue weighted by Crippen LogP contribution is -2.23. The lowest BCUT2D eigenvalue weighted by Gasteiger charge is -2.10. The Hall–Kier alpha value is -1.94. The summed E-state index contributed by atoms with van der Waals surface area (Å²) in [7, 11) is 3.55. The molecule has 1 amide bonds. The van der Waals surface area contributed by atoms with Crippen LogP contribution in [0.15, 0.2) is 54.6 Å². The Morgan fingerprint density at radius 1 is 1.05 bits per heavy atom. The molecule has 2 rings (SSSR count). The fourth-order valence-electron chi connectivity index (χ4n) is 1.71. The number of rotatable bonds is 6. The summed E-state index contributed by atoms with van der Waals surface area (Å²) in [5.41, 5.74) is 1.15. The first kappa shape index (κ1) is 15.4. The van der Waals surface area contributed by atoms with Crippen LogP contribution in [0.5, 0.6) is 11.5 Å². The van der Waals surface area contributed by atoms with Gasteiger partial charge in [-0.1, -0.05) is 30.3 Å². The van der Waals surface area contributed by atoms with Gasteiger partial charge in [0.25, 0.3) is 0 Å². The predicted molar refractivity (Wildman–Crippen MR) is 87.8 cm³/mol. The molecule has 4 heteroatoms. The molecule has 0 saturated carbocycles. The molecule has 0 aliphatic rings. The number of hydrogen-bond acceptors (Lipinski definition) is 3. The van der Waals surface area contributed by atoms with Gasteiger partial charge < -0.3 is 9.64 Å². The number of benzene rings is 2. The Balaban J connectivity index is 1.90. The minimum Gasteiger partial charge on any atom is -0.457 e. The van der Waals surface area contributed by atoms with E-state index in [-0.39, 0.29) is 5.91 Å².